The molecular weight excluding hydrogens is 356 g/mol. The van der Waals surface area contributed by atoms with Gasteiger partial charge in [0.1, 0.15) is 5.75 Å². The number of benzene rings is 1. The molecule has 0 bridgehead atoms. The fourth-order valence-corrected chi connectivity index (χ4v) is 4.57. The summed E-state index contributed by atoms with van der Waals surface area (Å²) in [4.78, 5) is 6.03. The zero-order valence-corrected chi connectivity index (χ0v) is 16.3. The lowest BCUT2D eigenvalue weighted by Crippen LogP contribution is -2.10. The fraction of sp³-hybridized carbons (Fsp3) is 0.364. The summed E-state index contributed by atoms with van der Waals surface area (Å²) in [5.41, 5.74) is 1.14. The molecule has 2 heterocycles. The number of methoxy groups -OCH3 is 1. The van der Waals surface area contributed by atoms with E-state index in [4.69, 9.17) is 9.26 Å². The Balaban J connectivity index is 1.30. The topological polar surface area (TPSA) is 48.2 Å². The van der Waals surface area contributed by atoms with Gasteiger partial charge >= 0.3 is 0 Å². The largest absolute Gasteiger partial charge is 0.497 e. The number of allylic oxidation sites excluding steroid dienone is 1. The molecule has 27 heavy (non-hydrogen) atoms. The first kappa shape index (κ1) is 18.0. The van der Waals surface area contributed by atoms with Crippen molar-refractivity contribution in [2.45, 2.75) is 38.0 Å². The van der Waals surface area contributed by atoms with Crippen molar-refractivity contribution >= 4 is 17.4 Å². The van der Waals surface area contributed by atoms with Crippen LogP contribution in [0, 0.1) is 5.92 Å². The van der Waals surface area contributed by atoms with Crippen LogP contribution < -0.4 is 4.74 Å². The predicted molar refractivity (Wildman–Crippen MR) is 108 cm³/mol. The molecule has 0 amide bonds. The van der Waals surface area contributed by atoms with Gasteiger partial charge in [0.15, 0.2) is 5.82 Å². The van der Waals surface area contributed by atoms with Crippen LogP contribution in [-0.4, -0.2) is 17.3 Å². The molecule has 3 aromatic rings. The summed E-state index contributed by atoms with van der Waals surface area (Å²) in [5.74, 6) is 3.51. The standard InChI is InChI=1S/C22H24N2O2S/c1-25-19-11-6-17(7-12-19)15-21-23-22(26-24-21)13-8-16-4-9-18(10-5-16)20-3-2-14-27-20/h2-3,6-8,11-14,16,18H,4-5,9-10,15H2,1H3. The van der Waals surface area contributed by atoms with Crippen LogP contribution in [0.5, 0.6) is 5.75 Å². The quantitative estimate of drug-likeness (QED) is 0.549. The summed E-state index contributed by atoms with van der Waals surface area (Å²) in [6.07, 6.45) is 9.88. The summed E-state index contributed by atoms with van der Waals surface area (Å²) < 4.78 is 10.6. The van der Waals surface area contributed by atoms with Crippen molar-refractivity contribution in [3.63, 3.8) is 0 Å². The normalized spacial score (nSPS) is 20.2. The summed E-state index contributed by atoms with van der Waals surface area (Å²) in [7, 11) is 1.67. The van der Waals surface area contributed by atoms with Gasteiger partial charge in [-0.3, -0.25) is 0 Å². The van der Waals surface area contributed by atoms with Crippen molar-refractivity contribution < 1.29 is 9.26 Å². The lowest BCUT2D eigenvalue weighted by atomic mass is 9.81. The molecule has 1 aliphatic rings. The molecule has 0 radical (unpaired) electrons. The van der Waals surface area contributed by atoms with Crippen LogP contribution in [0.3, 0.4) is 0 Å². The number of ether oxygens (including phenoxy) is 1. The Hall–Kier alpha value is -2.40. The monoisotopic (exact) mass is 380 g/mol. The Kier molecular flexibility index (Phi) is 5.68. The lowest BCUT2D eigenvalue weighted by Gasteiger charge is -2.25. The van der Waals surface area contributed by atoms with Crippen molar-refractivity contribution in [2.24, 2.45) is 5.92 Å². The minimum absolute atomic E-state index is 0.596. The second kappa shape index (κ2) is 8.53. The minimum atomic E-state index is 0.596. The van der Waals surface area contributed by atoms with Crippen LogP contribution in [0.1, 0.15) is 53.8 Å². The minimum Gasteiger partial charge on any atom is -0.497 e. The van der Waals surface area contributed by atoms with Gasteiger partial charge in [0.05, 0.1) is 7.11 Å². The predicted octanol–water partition coefficient (Wildman–Crippen LogP) is 5.72. The van der Waals surface area contributed by atoms with E-state index in [0.29, 0.717) is 24.1 Å². The molecule has 0 saturated heterocycles. The van der Waals surface area contributed by atoms with E-state index >= 15 is 0 Å². The molecule has 4 rings (SSSR count). The zero-order valence-electron chi connectivity index (χ0n) is 15.5. The van der Waals surface area contributed by atoms with E-state index < -0.39 is 0 Å². The number of hydrogen-bond donors (Lipinski definition) is 0. The van der Waals surface area contributed by atoms with Gasteiger partial charge in [0.2, 0.25) is 5.89 Å². The summed E-state index contributed by atoms with van der Waals surface area (Å²) >= 11 is 1.89. The molecule has 0 atom stereocenters. The maximum absolute atomic E-state index is 5.38. The molecule has 140 valence electrons. The summed E-state index contributed by atoms with van der Waals surface area (Å²) in [6, 6.07) is 12.4. The molecule has 1 aromatic carbocycles. The Morgan fingerprint density at radius 1 is 1.15 bits per heavy atom. The van der Waals surface area contributed by atoms with E-state index in [1.54, 1.807) is 7.11 Å². The van der Waals surface area contributed by atoms with Crippen molar-refractivity contribution in [1.82, 2.24) is 10.1 Å². The Morgan fingerprint density at radius 3 is 2.67 bits per heavy atom. The van der Waals surface area contributed by atoms with Crippen molar-refractivity contribution in [1.29, 1.82) is 0 Å². The molecule has 0 aliphatic heterocycles. The molecule has 0 N–H and O–H groups in total. The Labute approximate surface area is 163 Å². The first-order valence-corrected chi connectivity index (χ1v) is 10.4. The summed E-state index contributed by atoms with van der Waals surface area (Å²) in [6.45, 7) is 0. The van der Waals surface area contributed by atoms with E-state index in [9.17, 15) is 0 Å². The van der Waals surface area contributed by atoms with E-state index in [0.717, 1.165) is 17.2 Å². The van der Waals surface area contributed by atoms with Crippen molar-refractivity contribution in [2.75, 3.05) is 7.11 Å². The van der Waals surface area contributed by atoms with Crippen LogP contribution in [0.15, 0.2) is 52.4 Å². The van der Waals surface area contributed by atoms with Crippen molar-refractivity contribution in [3.05, 3.63) is 70.0 Å². The first-order valence-electron chi connectivity index (χ1n) is 9.47. The Morgan fingerprint density at radius 2 is 1.96 bits per heavy atom. The van der Waals surface area contributed by atoms with Crippen LogP contribution in [-0.2, 0) is 6.42 Å². The second-order valence-corrected chi connectivity index (χ2v) is 8.04. The highest BCUT2D eigenvalue weighted by Gasteiger charge is 2.21. The third-order valence-electron chi connectivity index (χ3n) is 5.23. The highest BCUT2D eigenvalue weighted by molar-refractivity contribution is 7.10. The smallest absolute Gasteiger partial charge is 0.250 e. The molecule has 0 spiro atoms. The van der Waals surface area contributed by atoms with Crippen LogP contribution >= 0.6 is 11.3 Å². The maximum Gasteiger partial charge on any atom is 0.250 e. The van der Waals surface area contributed by atoms with Gasteiger partial charge in [0, 0.05) is 11.3 Å². The van der Waals surface area contributed by atoms with Gasteiger partial charge in [-0.15, -0.1) is 11.3 Å². The molecule has 0 unspecified atom stereocenters. The summed E-state index contributed by atoms with van der Waals surface area (Å²) in [5, 5.41) is 6.28. The van der Waals surface area contributed by atoms with Crippen LogP contribution in [0.25, 0.3) is 6.08 Å². The third kappa shape index (κ3) is 4.66. The fourth-order valence-electron chi connectivity index (χ4n) is 3.67. The highest BCUT2D eigenvalue weighted by atomic mass is 32.1. The number of hydrogen-bond acceptors (Lipinski definition) is 5. The van der Waals surface area contributed by atoms with Gasteiger partial charge in [-0.05, 0) is 72.7 Å². The third-order valence-corrected chi connectivity index (χ3v) is 6.27. The average molecular weight is 381 g/mol. The van der Waals surface area contributed by atoms with Crippen LogP contribution in [0.4, 0.5) is 0 Å². The van der Waals surface area contributed by atoms with E-state index in [-0.39, 0.29) is 0 Å². The maximum atomic E-state index is 5.38. The highest BCUT2D eigenvalue weighted by Crippen LogP contribution is 2.38. The average Bonchev–Trinajstić information content (AvgIpc) is 3.40. The zero-order chi connectivity index (χ0) is 18.5. The molecule has 1 saturated carbocycles. The molecule has 1 fully saturated rings. The molecule has 5 heteroatoms. The second-order valence-electron chi connectivity index (χ2n) is 7.06. The van der Waals surface area contributed by atoms with Gasteiger partial charge in [0.25, 0.3) is 0 Å². The van der Waals surface area contributed by atoms with Gasteiger partial charge < -0.3 is 9.26 Å². The number of rotatable bonds is 6. The Bertz CT molecular complexity index is 860. The van der Waals surface area contributed by atoms with Gasteiger partial charge in [-0.25, -0.2) is 0 Å². The lowest BCUT2D eigenvalue weighted by molar-refractivity contribution is 0.378. The SMILES string of the molecule is COc1ccc(Cc2noc(C=CC3CCC(c4cccs4)CC3)n2)cc1. The van der Waals surface area contributed by atoms with Crippen molar-refractivity contribution in [3.8, 4) is 5.75 Å². The van der Waals surface area contributed by atoms with E-state index in [1.165, 1.54) is 30.6 Å². The van der Waals surface area contributed by atoms with E-state index in [2.05, 4.69) is 33.7 Å². The number of aromatic nitrogens is 2. The van der Waals surface area contributed by atoms with Gasteiger partial charge in [-0.1, -0.05) is 29.4 Å². The first-order chi connectivity index (χ1) is 13.3. The van der Waals surface area contributed by atoms with E-state index in [1.807, 2.05) is 41.7 Å². The molecular formula is C22H24N2O2S. The number of thiophene rings is 1. The van der Waals surface area contributed by atoms with Crippen LogP contribution in [0.2, 0.25) is 0 Å². The number of nitrogens with zero attached hydrogens (tertiary/aromatic N) is 2. The molecule has 4 nitrogen and oxygen atoms in total. The molecule has 2 aromatic heterocycles. The van der Waals surface area contributed by atoms with Gasteiger partial charge in [-0.2, -0.15) is 4.98 Å². The molecule has 1 aliphatic carbocycles.